The molecule has 3 heterocycles. The summed E-state index contributed by atoms with van der Waals surface area (Å²) in [6.07, 6.45) is 4.17. The van der Waals surface area contributed by atoms with Gasteiger partial charge < -0.3 is 19.7 Å². The molecule has 3 aliphatic heterocycles. The molecule has 0 radical (unpaired) electrons. The number of carbonyl (C=O) groups is 2. The molecule has 0 bridgehead atoms. The van der Waals surface area contributed by atoms with Crippen LogP contribution < -0.4 is 5.32 Å². The predicted octanol–water partition coefficient (Wildman–Crippen LogP) is 4.07. The van der Waals surface area contributed by atoms with Gasteiger partial charge in [-0.05, 0) is 102 Å². The zero-order chi connectivity index (χ0) is 29.4. The highest BCUT2D eigenvalue weighted by molar-refractivity contribution is 5.78. The molecule has 0 saturated carbocycles. The first-order valence-corrected chi connectivity index (χ1v) is 15.1. The number of hydrogen-bond donors (Lipinski definition) is 1. The standard InChI is InChI=1S/C31H58N4O4/c1-27(2,3)35-22-31(20-33(21-31)26(37)19-39-29(7,8)9)17-24(35)16-30(10,11)34-14-12-23(13-15-34)32-25(36)18-38-28(4,5)6/h23-24H,12-22H2,1-11H3,(H,32,36). The Kier molecular flexibility index (Phi) is 9.59. The van der Waals surface area contributed by atoms with Crippen molar-refractivity contribution in [1.29, 1.82) is 0 Å². The Morgan fingerprint density at radius 3 is 1.87 bits per heavy atom. The largest absolute Gasteiger partial charge is 0.366 e. The van der Waals surface area contributed by atoms with Gasteiger partial charge in [-0.3, -0.25) is 19.4 Å². The number of hydrogen-bond acceptors (Lipinski definition) is 6. The summed E-state index contributed by atoms with van der Waals surface area (Å²) >= 11 is 0. The van der Waals surface area contributed by atoms with E-state index in [9.17, 15) is 9.59 Å². The molecule has 3 rings (SSSR count). The minimum absolute atomic E-state index is 0.0160. The number of nitrogens with one attached hydrogen (secondary N) is 1. The predicted molar refractivity (Wildman–Crippen MR) is 157 cm³/mol. The van der Waals surface area contributed by atoms with E-state index in [0.29, 0.717) is 6.04 Å². The molecule has 1 atom stereocenters. The molecule has 3 fully saturated rings. The highest BCUT2D eigenvalue weighted by Crippen LogP contribution is 2.47. The van der Waals surface area contributed by atoms with Crippen molar-refractivity contribution in [2.24, 2.45) is 5.41 Å². The van der Waals surface area contributed by atoms with Gasteiger partial charge >= 0.3 is 0 Å². The molecule has 2 amide bonds. The van der Waals surface area contributed by atoms with E-state index in [2.05, 4.69) is 49.7 Å². The Labute approximate surface area is 238 Å². The number of amides is 2. The van der Waals surface area contributed by atoms with Crippen molar-refractivity contribution < 1.29 is 19.1 Å². The number of carbonyl (C=O) groups excluding carboxylic acids is 2. The Morgan fingerprint density at radius 2 is 1.36 bits per heavy atom. The molecule has 3 saturated heterocycles. The maximum atomic E-state index is 12.7. The third kappa shape index (κ3) is 9.14. The summed E-state index contributed by atoms with van der Waals surface area (Å²) in [6.45, 7) is 28.6. The third-order valence-electron chi connectivity index (χ3n) is 8.60. The molecule has 1 N–H and O–H groups in total. The van der Waals surface area contributed by atoms with Crippen LogP contribution in [0.2, 0.25) is 0 Å². The first-order valence-electron chi connectivity index (χ1n) is 15.1. The van der Waals surface area contributed by atoms with Gasteiger partial charge in [-0.25, -0.2) is 0 Å². The van der Waals surface area contributed by atoms with E-state index >= 15 is 0 Å². The first-order chi connectivity index (χ1) is 17.7. The van der Waals surface area contributed by atoms with E-state index < -0.39 is 0 Å². The van der Waals surface area contributed by atoms with Crippen LogP contribution in [0.15, 0.2) is 0 Å². The van der Waals surface area contributed by atoms with Gasteiger partial charge in [0.2, 0.25) is 11.8 Å². The summed E-state index contributed by atoms with van der Waals surface area (Å²) in [5, 5.41) is 3.18. The average molecular weight is 551 g/mol. The third-order valence-corrected chi connectivity index (χ3v) is 8.60. The van der Waals surface area contributed by atoms with Gasteiger partial charge in [0.15, 0.2) is 0 Å². The second-order valence-corrected chi connectivity index (χ2v) is 16.1. The number of nitrogens with zero attached hydrogens (tertiary/aromatic N) is 3. The highest BCUT2D eigenvalue weighted by Gasteiger charge is 2.55. The SMILES string of the molecule is CC(C)(C)OCC(=O)NC1CCN(C(C)(C)CC2CC3(CN(C(=O)COC(C)(C)C)C3)CN2C(C)(C)C)CC1. The quantitative estimate of drug-likeness (QED) is 0.491. The molecular weight excluding hydrogens is 492 g/mol. The molecule has 1 unspecified atom stereocenters. The Balaban J connectivity index is 1.53. The number of piperidine rings is 1. The molecule has 39 heavy (non-hydrogen) atoms. The van der Waals surface area contributed by atoms with Crippen LogP contribution >= 0.6 is 0 Å². The Hall–Kier alpha value is -1.22. The summed E-state index contributed by atoms with van der Waals surface area (Å²) in [6, 6.07) is 0.699. The molecule has 0 aromatic rings. The van der Waals surface area contributed by atoms with Gasteiger partial charge in [-0.2, -0.15) is 0 Å². The smallest absolute Gasteiger partial charge is 0.248 e. The zero-order valence-corrected chi connectivity index (χ0v) is 26.9. The van der Waals surface area contributed by atoms with Crippen LogP contribution in [0.4, 0.5) is 0 Å². The highest BCUT2D eigenvalue weighted by atomic mass is 16.5. The van der Waals surface area contributed by atoms with Crippen molar-refractivity contribution in [2.45, 2.75) is 136 Å². The number of likely N-dealkylation sites (tertiary alicyclic amines) is 3. The van der Waals surface area contributed by atoms with Crippen LogP contribution in [0, 0.1) is 5.41 Å². The fraction of sp³-hybridized carbons (Fsp3) is 0.935. The molecule has 0 aliphatic carbocycles. The van der Waals surface area contributed by atoms with Crippen molar-refractivity contribution >= 4 is 11.8 Å². The van der Waals surface area contributed by atoms with Crippen LogP contribution in [0.5, 0.6) is 0 Å². The lowest BCUT2D eigenvalue weighted by atomic mass is 9.76. The van der Waals surface area contributed by atoms with E-state index in [1.807, 2.05) is 46.4 Å². The normalized spacial score (nSPS) is 23.8. The molecule has 226 valence electrons. The van der Waals surface area contributed by atoms with Gasteiger partial charge in [0, 0.05) is 61.3 Å². The average Bonchev–Trinajstić information content (AvgIpc) is 3.14. The van der Waals surface area contributed by atoms with Gasteiger partial charge in [0.25, 0.3) is 0 Å². The molecule has 8 nitrogen and oxygen atoms in total. The fourth-order valence-corrected chi connectivity index (χ4v) is 6.56. The molecular formula is C31H58N4O4. The van der Waals surface area contributed by atoms with E-state index in [1.165, 1.54) is 0 Å². The van der Waals surface area contributed by atoms with Crippen LogP contribution in [0.25, 0.3) is 0 Å². The Bertz CT molecular complexity index is 853. The summed E-state index contributed by atoms with van der Waals surface area (Å²) in [7, 11) is 0. The van der Waals surface area contributed by atoms with Gasteiger partial charge in [0.05, 0.1) is 11.2 Å². The van der Waals surface area contributed by atoms with E-state index in [-0.39, 0.29) is 58.8 Å². The summed E-state index contributed by atoms with van der Waals surface area (Å²) < 4.78 is 11.4. The second kappa shape index (κ2) is 11.6. The van der Waals surface area contributed by atoms with Crippen molar-refractivity contribution in [3.63, 3.8) is 0 Å². The van der Waals surface area contributed by atoms with Crippen molar-refractivity contribution in [2.75, 3.05) is 45.9 Å². The number of ether oxygens (including phenoxy) is 2. The second-order valence-electron chi connectivity index (χ2n) is 16.1. The topological polar surface area (TPSA) is 74.3 Å². The molecule has 1 spiro atoms. The minimum Gasteiger partial charge on any atom is -0.366 e. The van der Waals surface area contributed by atoms with Gasteiger partial charge in [-0.1, -0.05) is 0 Å². The Morgan fingerprint density at radius 1 is 0.821 bits per heavy atom. The summed E-state index contributed by atoms with van der Waals surface area (Å²) in [4.78, 5) is 32.4. The minimum atomic E-state index is -0.307. The van der Waals surface area contributed by atoms with Crippen molar-refractivity contribution in [3.8, 4) is 0 Å². The molecule has 0 aromatic heterocycles. The van der Waals surface area contributed by atoms with Gasteiger partial charge in [0.1, 0.15) is 13.2 Å². The maximum absolute atomic E-state index is 12.7. The summed E-state index contributed by atoms with van der Waals surface area (Å²) in [5.74, 6) is 0.0965. The number of rotatable bonds is 8. The lowest BCUT2D eigenvalue weighted by Crippen LogP contribution is -2.61. The molecule has 8 heteroatoms. The fourth-order valence-electron chi connectivity index (χ4n) is 6.56. The first kappa shape index (κ1) is 32.3. The van der Waals surface area contributed by atoms with Crippen LogP contribution in [-0.2, 0) is 19.1 Å². The lowest BCUT2D eigenvalue weighted by Gasteiger charge is -2.49. The van der Waals surface area contributed by atoms with Crippen LogP contribution in [0.3, 0.4) is 0 Å². The van der Waals surface area contributed by atoms with Gasteiger partial charge in [-0.15, -0.1) is 0 Å². The maximum Gasteiger partial charge on any atom is 0.248 e. The van der Waals surface area contributed by atoms with Crippen LogP contribution in [0.1, 0.15) is 102 Å². The van der Waals surface area contributed by atoms with Crippen molar-refractivity contribution in [1.82, 2.24) is 20.0 Å². The van der Waals surface area contributed by atoms with E-state index in [0.717, 1.165) is 58.4 Å². The molecule has 0 aromatic carbocycles. The molecule has 3 aliphatic rings. The van der Waals surface area contributed by atoms with E-state index in [1.54, 1.807) is 0 Å². The van der Waals surface area contributed by atoms with Crippen molar-refractivity contribution in [3.05, 3.63) is 0 Å². The summed E-state index contributed by atoms with van der Waals surface area (Å²) in [5.41, 5.74) is -0.275. The monoisotopic (exact) mass is 550 g/mol. The lowest BCUT2D eigenvalue weighted by molar-refractivity contribution is -0.152. The van der Waals surface area contributed by atoms with Crippen LogP contribution in [-0.4, -0.2) is 107 Å². The zero-order valence-electron chi connectivity index (χ0n) is 26.9. The van der Waals surface area contributed by atoms with E-state index in [4.69, 9.17) is 9.47 Å².